The standard InChI is InChI=1S/C25H37N5O6/c1-17-16-30(11-12-36-17)18(2)22(32)13-26-23(33)14-27-24(34)15-28-25(35)21(29-19(3)31)10-9-20-7-5-4-6-8-20/h4-8,17-18,21H,9-16H2,1-3H3,(H,26,33)(H,27,34)(H,28,35)(H,29,31). The van der Waals surface area contributed by atoms with Crippen LogP contribution in [-0.4, -0.2) is 91.8 Å². The van der Waals surface area contributed by atoms with Gasteiger partial charge in [-0.05, 0) is 32.3 Å². The maximum atomic E-state index is 12.5. The van der Waals surface area contributed by atoms with Crippen LogP contribution in [0.2, 0.25) is 0 Å². The van der Waals surface area contributed by atoms with E-state index in [1.165, 1.54) is 6.92 Å². The van der Waals surface area contributed by atoms with Crippen LogP contribution in [0.15, 0.2) is 30.3 Å². The number of ketones is 1. The molecule has 1 aromatic carbocycles. The van der Waals surface area contributed by atoms with E-state index in [1.807, 2.05) is 42.2 Å². The number of ether oxygens (including phenoxy) is 1. The van der Waals surface area contributed by atoms with Crippen molar-refractivity contribution < 1.29 is 28.7 Å². The van der Waals surface area contributed by atoms with Crippen LogP contribution in [0.4, 0.5) is 0 Å². The third kappa shape index (κ3) is 10.5. The Bertz CT molecular complexity index is 909. The molecule has 1 aliphatic heterocycles. The minimum absolute atomic E-state index is 0.0525. The van der Waals surface area contributed by atoms with E-state index in [0.29, 0.717) is 32.5 Å². The SMILES string of the molecule is CC(=O)NC(CCc1ccccc1)C(=O)NCC(=O)NCC(=O)NCC(=O)C(C)N1CCOC(C)C1. The molecule has 0 aliphatic carbocycles. The van der Waals surface area contributed by atoms with Gasteiger partial charge in [0.1, 0.15) is 6.04 Å². The molecular formula is C25H37N5O6. The van der Waals surface area contributed by atoms with Gasteiger partial charge >= 0.3 is 0 Å². The number of rotatable bonds is 13. The monoisotopic (exact) mass is 503 g/mol. The van der Waals surface area contributed by atoms with E-state index in [9.17, 15) is 24.0 Å². The quantitative estimate of drug-likeness (QED) is 0.274. The molecule has 1 aromatic rings. The van der Waals surface area contributed by atoms with Crippen molar-refractivity contribution in [2.75, 3.05) is 39.3 Å². The molecule has 36 heavy (non-hydrogen) atoms. The van der Waals surface area contributed by atoms with E-state index in [4.69, 9.17) is 4.74 Å². The van der Waals surface area contributed by atoms with Crippen LogP contribution in [-0.2, 0) is 35.1 Å². The number of nitrogens with one attached hydrogen (secondary N) is 4. The Morgan fingerprint density at radius 2 is 1.64 bits per heavy atom. The summed E-state index contributed by atoms with van der Waals surface area (Å²) in [5.41, 5.74) is 1.02. The zero-order chi connectivity index (χ0) is 26.5. The lowest BCUT2D eigenvalue weighted by Crippen LogP contribution is -2.51. The summed E-state index contributed by atoms with van der Waals surface area (Å²) in [7, 11) is 0. The Hall–Kier alpha value is -3.31. The lowest BCUT2D eigenvalue weighted by atomic mass is 10.0. The normalized spacial score (nSPS) is 17.4. The average molecular weight is 504 g/mol. The first-order valence-electron chi connectivity index (χ1n) is 12.2. The molecule has 3 atom stereocenters. The second-order valence-corrected chi connectivity index (χ2v) is 8.87. The molecule has 1 heterocycles. The second-order valence-electron chi connectivity index (χ2n) is 8.87. The Morgan fingerprint density at radius 3 is 2.28 bits per heavy atom. The van der Waals surface area contributed by atoms with Gasteiger partial charge in [0.2, 0.25) is 23.6 Å². The largest absolute Gasteiger partial charge is 0.376 e. The number of morpholine rings is 1. The molecule has 2 rings (SSSR count). The third-order valence-electron chi connectivity index (χ3n) is 5.87. The van der Waals surface area contributed by atoms with E-state index < -0.39 is 23.8 Å². The van der Waals surface area contributed by atoms with E-state index in [2.05, 4.69) is 21.3 Å². The molecule has 4 amide bonds. The summed E-state index contributed by atoms with van der Waals surface area (Å²) in [6.07, 6.45) is 1.000. The van der Waals surface area contributed by atoms with E-state index in [0.717, 1.165) is 5.56 Å². The maximum absolute atomic E-state index is 12.5. The Labute approximate surface area is 211 Å². The Balaban J connectivity index is 1.68. The molecule has 0 bridgehead atoms. The third-order valence-corrected chi connectivity index (χ3v) is 5.87. The molecule has 1 aliphatic rings. The molecule has 0 aromatic heterocycles. The summed E-state index contributed by atoms with van der Waals surface area (Å²) in [6.45, 7) is 6.12. The second kappa shape index (κ2) is 14.9. The number of hydrogen-bond acceptors (Lipinski definition) is 7. The van der Waals surface area contributed by atoms with Gasteiger partial charge in [-0.3, -0.25) is 28.9 Å². The number of benzene rings is 1. The summed E-state index contributed by atoms with van der Waals surface area (Å²) in [5, 5.41) is 10.00. The zero-order valence-electron chi connectivity index (χ0n) is 21.2. The molecule has 198 valence electrons. The highest BCUT2D eigenvalue weighted by Crippen LogP contribution is 2.09. The van der Waals surface area contributed by atoms with Gasteiger partial charge in [0.05, 0.1) is 38.4 Å². The average Bonchev–Trinajstić information content (AvgIpc) is 2.86. The van der Waals surface area contributed by atoms with Crippen LogP contribution in [0.5, 0.6) is 0 Å². The molecule has 11 heteroatoms. The van der Waals surface area contributed by atoms with Crippen molar-refractivity contribution in [3.8, 4) is 0 Å². The van der Waals surface area contributed by atoms with Crippen LogP contribution in [0.3, 0.4) is 0 Å². The smallest absolute Gasteiger partial charge is 0.243 e. The van der Waals surface area contributed by atoms with Crippen molar-refractivity contribution in [2.45, 2.75) is 51.8 Å². The van der Waals surface area contributed by atoms with Crippen LogP contribution in [0.25, 0.3) is 0 Å². The highest BCUT2D eigenvalue weighted by molar-refractivity contribution is 5.93. The number of Topliss-reactive ketones (excluding diaryl/α,β-unsaturated/α-hetero) is 1. The zero-order valence-corrected chi connectivity index (χ0v) is 21.2. The molecule has 11 nitrogen and oxygen atoms in total. The number of hydrogen-bond donors (Lipinski definition) is 4. The van der Waals surface area contributed by atoms with Gasteiger partial charge in [0, 0.05) is 20.0 Å². The summed E-state index contributed by atoms with van der Waals surface area (Å²) < 4.78 is 5.48. The Kier molecular flexibility index (Phi) is 12.0. The molecule has 0 radical (unpaired) electrons. The fraction of sp³-hybridized carbons (Fsp3) is 0.560. The number of aryl methyl sites for hydroxylation is 1. The molecule has 0 spiro atoms. The van der Waals surface area contributed by atoms with Crippen molar-refractivity contribution >= 4 is 29.4 Å². The van der Waals surface area contributed by atoms with Gasteiger partial charge < -0.3 is 26.0 Å². The van der Waals surface area contributed by atoms with Crippen molar-refractivity contribution in [3.05, 3.63) is 35.9 Å². The van der Waals surface area contributed by atoms with Crippen molar-refractivity contribution in [1.29, 1.82) is 0 Å². The van der Waals surface area contributed by atoms with Crippen LogP contribution < -0.4 is 21.3 Å². The number of carbonyl (C=O) groups excluding carboxylic acids is 5. The minimum atomic E-state index is -0.790. The van der Waals surface area contributed by atoms with Crippen LogP contribution in [0, 0.1) is 0 Å². The fourth-order valence-electron chi connectivity index (χ4n) is 3.80. The van der Waals surface area contributed by atoms with Gasteiger partial charge in [-0.2, -0.15) is 0 Å². The lowest BCUT2D eigenvalue weighted by molar-refractivity contribution is -0.131. The van der Waals surface area contributed by atoms with Gasteiger partial charge in [-0.15, -0.1) is 0 Å². The molecular weight excluding hydrogens is 466 g/mol. The highest BCUT2D eigenvalue weighted by Gasteiger charge is 2.26. The molecule has 0 saturated carbocycles. The van der Waals surface area contributed by atoms with E-state index >= 15 is 0 Å². The van der Waals surface area contributed by atoms with Crippen LogP contribution >= 0.6 is 0 Å². The maximum Gasteiger partial charge on any atom is 0.243 e. The number of carbonyl (C=O) groups is 5. The Morgan fingerprint density at radius 1 is 1.00 bits per heavy atom. The highest BCUT2D eigenvalue weighted by atomic mass is 16.5. The first kappa shape index (κ1) is 28.9. The molecule has 3 unspecified atom stereocenters. The van der Waals surface area contributed by atoms with Crippen molar-refractivity contribution in [1.82, 2.24) is 26.2 Å². The predicted octanol–water partition coefficient (Wildman–Crippen LogP) is -0.849. The molecule has 1 saturated heterocycles. The van der Waals surface area contributed by atoms with Crippen molar-refractivity contribution in [2.24, 2.45) is 0 Å². The summed E-state index contributed by atoms with van der Waals surface area (Å²) in [6, 6.07) is 8.40. The first-order valence-corrected chi connectivity index (χ1v) is 12.2. The summed E-state index contributed by atoms with van der Waals surface area (Å²) >= 11 is 0. The van der Waals surface area contributed by atoms with Crippen molar-refractivity contribution in [3.63, 3.8) is 0 Å². The van der Waals surface area contributed by atoms with Crippen LogP contribution in [0.1, 0.15) is 32.8 Å². The molecule has 4 N–H and O–H groups in total. The molecule has 1 fully saturated rings. The minimum Gasteiger partial charge on any atom is -0.376 e. The van der Waals surface area contributed by atoms with Gasteiger partial charge in [-0.1, -0.05) is 30.3 Å². The van der Waals surface area contributed by atoms with Gasteiger partial charge in [-0.25, -0.2) is 0 Å². The fourth-order valence-corrected chi connectivity index (χ4v) is 3.80. The number of nitrogens with zero attached hydrogens (tertiary/aromatic N) is 1. The first-order chi connectivity index (χ1) is 17.2. The van der Waals surface area contributed by atoms with Gasteiger partial charge in [0.15, 0.2) is 5.78 Å². The van der Waals surface area contributed by atoms with Gasteiger partial charge in [0.25, 0.3) is 0 Å². The topological polar surface area (TPSA) is 146 Å². The van der Waals surface area contributed by atoms with E-state index in [-0.39, 0.29) is 43.5 Å². The predicted molar refractivity (Wildman–Crippen MR) is 133 cm³/mol. The number of amides is 4. The lowest BCUT2D eigenvalue weighted by Gasteiger charge is -2.34. The summed E-state index contributed by atoms with van der Waals surface area (Å²) in [4.78, 5) is 62.5. The summed E-state index contributed by atoms with van der Waals surface area (Å²) in [5.74, 6) is -2.04. The van der Waals surface area contributed by atoms with E-state index in [1.54, 1.807) is 6.92 Å².